The average Bonchev–Trinajstić information content (AvgIpc) is 3.14. The number of benzene rings is 1. The number of methoxy groups -OCH3 is 2. The molecule has 1 saturated heterocycles. The van der Waals surface area contributed by atoms with Crippen molar-refractivity contribution in [2.24, 2.45) is 5.92 Å². The maximum Gasteiger partial charge on any atom is 0.227 e. The quantitative estimate of drug-likeness (QED) is 0.649. The van der Waals surface area contributed by atoms with Crippen molar-refractivity contribution in [1.82, 2.24) is 9.80 Å². The number of carbonyl (C=O) groups excluding carboxylic acids is 1. The number of thiophene rings is 1. The molecule has 1 unspecified atom stereocenters. The SMILES string of the molecule is COc1cc2c(cc1OC)CC(=O)N(CC1CCCCN(CCc3cccs3)C1)CC2. The van der Waals surface area contributed by atoms with E-state index in [1.54, 1.807) is 14.2 Å². The molecular weight excluding hydrogens is 408 g/mol. The van der Waals surface area contributed by atoms with Crippen molar-refractivity contribution in [2.75, 3.05) is 46.9 Å². The van der Waals surface area contributed by atoms with Crippen LogP contribution in [0.4, 0.5) is 0 Å². The van der Waals surface area contributed by atoms with Crippen LogP contribution in [0.25, 0.3) is 0 Å². The molecule has 0 radical (unpaired) electrons. The third kappa shape index (κ3) is 5.60. The molecule has 5 nitrogen and oxygen atoms in total. The Bertz CT molecular complexity index is 868. The van der Waals surface area contributed by atoms with E-state index < -0.39 is 0 Å². The number of hydrogen-bond acceptors (Lipinski definition) is 5. The number of carbonyl (C=O) groups is 1. The summed E-state index contributed by atoms with van der Waals surface area (Å²) < 4.78 is 10.9. The van der Waals surface area contributed by atoms with E-state index >= 15 is 0 Å². The summed E-state index contributed by atoms with van der Waals surface area (Å²) in [4.78, 5) is 19.3. The van der Waals surface area contributed by atoms with Crippen molar-refractivity contribution in [1.29, 1.82) is 0 Å². The molecule has 1 aromatic carbocycles. The van der Waals surface area contributed by atoms with Crippen LogP contribution in [-0.2, 0) is 24.1 Å². The number of fused-ring (bicyclic) bond motifs is 1. The maximum absolute atomic E-state index is 13.1. The zero-order chi connectivity index (χ0) is 21.6. The van der Waals surface area contributed by atoms with Gasteiger partial charge in [0.2, 0.25) is 5.91 Å². The minimum absolute atomic E-state index is 0.236. The fraction of sp³-hybridized carbons (Fsp3) is 0.560. The molecule has 2 aliphatic rings. The van der Waals surface area contributed by atoms with Gasteiger partial charge in [0, 0.05) is 31.1 Å². The van der Waals surface area contributed by atoms with Gasteiger partial charge in [0.05, 0.1) is 20.6 Å². The van der Waals surface area contributed by atoms with Crippen molar-refractivity contribution in [3.05, 3.63) is 45.6 Å². The largest absolute Gasteiger partial charge is 0.493 e. The van der Waals surface area contributed by atoms with E-state index in [2.05, 4.69) is 27.3 Å². The number of amides is 1. The van der Waals surface area contributed by atoms with Crippen LogP contribution >= 0.6 is 11.3 Å². The number of likely N-dealkylation sites (tertiary alicyclic amines) is 1. The van der Waals surface area contributed by atoms with E-state index in [0.717, 1.165) is 50.3 Å². The highest BCUT2D eigenvalue weighted by molar-refractivity contribution is 7.09. The topological polar surface area (TPSA) is 42.0 Å². The summed E-state index contributed by atoms with van der Waals surface area (Å²) in [5, 5.41) is 2.16. The second-order valence-corrected chi connectivity index (χ2v) is 9.77. The lowest BCUT2D eigenvalue weighted by molar-refractivity contribution is -0.130. The molecule has 1 amide bonds. The van der Waals surface area contributed by atoms with Crippen LogP contribution in [0.15, 0.2) is 29.6 Å². The van der Waals surface area contributed by atoms with Crippen LogP contribution < -0.4 is 9.47 Å². The first-order valence-electron chi connectivity index (χ1n) is 11.4. The minimum atomic E-state index is 0.236. The van der Waals surface area contributed by atoms with Crippen LogP contribution in [0.5, 0.6) is 11.5 Å². The first-order valence-corrected chi connectivity index (χ1v) is 12.3. The predicted molar refractivity (Wildman–Crippen MR) is 125 cm³/mol. The van der Waals surface area contributed by atoms with Gasteiger partial charge in [-0.3, -0.25) is 4.79 Å². The summed E-state index contributed by atoms with van der Waals surface area (Å²) in [6.07, 6.45) is 6.19. The molecule has 6 heteroatoms. The Morgan fingerprint density at radius 2 is 1.90 bits per heavy atom. The van der Waals surface area contributed by atoms with Crippen LogP contribution in [0, 0.1) is 5.92 Å². The van der Waals surface area contributed by atoms with E-state index in [-0.39, 0.29) is 5.91 Å². The van der Waals surface area contributed by atoms with Crippen molar-refractivity contribution in [3.8, 4) is 11.5 Å². The molecule has 0 N–H and O–H groups in total. The van der Waals surface area contributed by atoms with Crippen molar-refractivity contribution < 1.29 is 14.3 Å². The first kappa shape index (κ1) is 22.2. The van der Waals surface area contributed by atoms with Gasteiger partial charge in [-0.2, -0.15) is 0 Å². The lowest BCUT2D eigenvalue weighted by Gasteiger charge is -2.29. The van der Waals surface area contributed by atoms with Gasteiger partial charge < -0.3 is 19.3 Å². The number of ether oxygens (including phenoxy) is 2. The van der Waals surface area contributed by atoms with Gasteiger partial charge in [-0.05, 0) is 72.9 Å². The van der Waals surface area contributed by atoms with E-state index in [9.17, 15) is 4.79 Å². The Morgan fingerprint density at radius 3 is 2.65 bits per heavy atom. The second-order valence-electron chi connectivity index (χ2n) is 8.73. The van der Waals surface area contributed by atoms with E-state index in [1.165, 1.54) is 36.2 Å². The fourth-order valence-corrected chi connectivity index (χ4v) is 5.61. The van der Waals surface area contributed by atoms with E-state index in [0.29, 0.717) is 18.1 Å². The Kier molecular flexibility index (Phi) is 7.51. The zero-order valence-electron chi connectivity index (χ0n) is 18.8. The van der Waals surface area contributed by atoms with Crippen LogP contribution in [-0.4, -0.2) is 62.7 Å². The third-order valence-electron chi connectivity index (χ3n) is 6.64. The Hall–Kier alpha value is -2.05. The maximum atomic E-state index is 13.1. The van der Waals surface area contributed by atoms with Crippen molar-refractivity contribution >= 4 is 17.2 Å². The van der Waals surface area contributed by atoms with Gasteiger partial charge in [-0.25, -0.2) is 0 Å². The number of hydrogen-bond donors (Lipinski definition) is 0. The molecule has 1 fully saturated rings. The smallest absolute Gasteiger partial charge is 0.227 e. The summed E-state index contributed by atoms with van der Waals surface area (Å²) in [6, 6.07) is 8.40. The summed E-state index contributed by atoms with van der Waals surface area (Å²) in [5.41, 5.74) is 2.27. The molecule has 1 atom stereocenters. The highest BCUT2D eigenvalue weighted by Crippen LogP contribution is 2.32. The fourth-order valence-electron chi connectivity index (χ4n) is 4.91. The summed E-state index contributed by atoms with van der Waals surface area (Å²) >= 11 is 1.85. The minimum Gasteiger partial charge on any atom is -0.493 e. The summed E-state index contributed by atoms with van der Waals surface area (Å²) in [5.74, 6) is 2.24. The standard InChI is InChI=1S/C25H34N2O3S/c1-29-23-14-20-8-12-27(25(28)16-21(20)15-24(23)30-2)18-19-6-3-4-10-26(17-19)11-9-22-7-5-13-31-22/h5,7,13-15,19H,3-4,6,8-12,16-18H2,1-2H3. The molecule has 0 bridgehead atoms. The lowest BCUT2D eigenvalue weighted by atomic mass is 10.0. The van der Waals surface area contributed by atoms with Gasteiger partial charge in [-0.1, -0.05) is 12.5 Å². The molecule has 1 aromatic heterocycles. The Morgan fingerprint density at radius 1 is 1.10 bits per heavy atom. The third-order valence-corrected chi connectivity index (χ3v) is 7.57. The van der Waals surface area contributed by atoms with Gasteiger partial charge in [0.1, 0.15) is 0 Å². The zero-order valence-corrected chi connectivity index (χ0v) is 19.6. The van der Waals surface area contributed by atoms with E-state index in [1.807, 2.05) is 23.5 Å². The molecule has 2 aromatic rings. The monoisotopic (exact) mass is 442 g/mol. The number of nitrogens with zero attached hydrogens (tertiary/aromatic N) is 2. The predicted octanol–water partition coefficient (Wildman–Crippen LogP) is 4.04. The van der Waals surface area contributed by atoms with Crippen LogP contribution in [0.3, 0.4) is 0 Å². The summed E-state index contributed by atoms with van der Waals surface area (Å²) in [7, 11) is 3.31. The highest BCUT2D eigenvalue weighted by atomic mass is 32.1. The molecule has 31 heavy (non-hydrogen) atoms. The Labute approximate surface area is 189 Å². The Balaban J connectivity index is 1.38. The van der Waals surface area contributed by atoms with E-state index in [4.69, 9.17) is 9.47 Å². The molecule has 168 valence electrons. The molecule has 0 spiro atoms. The number of rotatable bonds is 7. The van der Waals surface area contributed by atoms with Gasteiger partial charge >= 0.3 is 0 Å². The molecule has 3 heterocycles. The molecule has 4 rings (SSSR count). The normalized spacial score (nSPS) is 20.1. The molecular formula is C25H34N2O3S. The van der Waals surface area contributed by atoms with Crippen molar-refractivity contribution in [2.45, 2.75) is 38.5 Å². The molecule has 2 aliphatic heterocycles. The first-order chi connectivity index (χ1) is 15.2. The second kappa shape index (κ2) is 10.5. The van der Waals surface area contributed by atoms with Crippen LogP contribution in [0.2, 0.25) is 0 Å². The summed E-state index contributed by atoms with van der Waals surface area (Å²) in [6.45, 7) is 5.06. The molecule has 0 saturated carbocycles. The van der Waals surface area contributed by atoms with Crippen molar-refractivity contribution in [3.63, 3.8) is 0 Å². The van der Waals surface area contributed by atoms with Gasteiger partial charge in [0.25, 0.3) is 0 Å². The highest BCUT2D eigenvalue weighted by Gasteiger charge is 2.26. The lowest BCUT2D eigenvalue weighted by Crippen LogP contribution is -2.40. The molecule has 0 aliphatic carbocycles. The average molecular weight is 443 g/mol. The van der Waals surface area contributed by atoms with Crippen LogP contribution in [0.1, 0.15) is 35.3 Å². The van der Waals surface area contributed by atoms with Gasteiger partial charge in [0.15, 0.2) is 11.5 Å². The van der Waals surface area contributed by atoms with Gasteiger partial charge in [-0.15, -0.1) is 11.3 Å².